The molecular weight excluding hydrogens is 263 g/mol. The van der Waals surface area contributed by atoms with Crippen LogP contribution in [0.3, 0.4) is 0 Å². The molecule has 0 bridgehead atoms. The molecule has 2 heterocycles. The zero-order valence-corrected chi connectivity index (χ0v) is 10.7. The van der Waals surface area contributed by atoms with Crippen molar-refractivity contribution in [2.45, 2.75) is 12.6 Å². The standard InChI is InChI=1S/C11H14Cl2N2O2/c12-10-2-1-7(11(13)14-10)3-15-4-8(6-16)9(17)5-15/h1-2,8-9,16-17H,3-6H2. The lowest BCUT2D eigenvalue weighted by molar-refractivity contribution is 0.103. The number of hydrogen-bond acceptors (Lipinski definition) is 4. The van der Waals surface area contributed by atoms with E-state index in [1.54, 1.807) is 6.07 Å². The molecule has 94 valence electrons. The van der Waals surface area contributed by atoms with Crippen LogP contribution in [0.5, 0.6) is 0 Å². The Balaban J connectivity index is 2.02. The van der Waals surface area contributed by atoms with Crippen molar-refractivity contribution in [2.24, 2.45) is 5.92 Å². The second-order valence-electron chi connectivity index (χ2n) is 4.29. The van der Waals surface area contributed by atoms with Gasteiger partial charge in [-0.2, -0.15) is 0 Å². The van der Waals surface area contributed by atoms with E-state index in [4.69, 9.17) is 28.3 Å². The highest BCUT2D eigenvalue weighted by atomic mass is 35.5. The molecule has 1 saturated heterocycles. The topological polar surface area (TPSA) is 56.6 Å². The molecule has 0 spiro atoms. The van der Waals surface area contributed by atoms with E-state index >= 15 is 0 Å². The van der Waals surface area contributed by atoms with Crippen LogP contribution in [0.15, 0.2) is 12.1 Å². The van der Waals surface area contributed by atoms with Gasteiger partial charge >= 0.3 is 0 Å². The highest BCUT2D eigenvalue weighted by Gasteiger charge is 2.30. The first-order valence-electron chi connectivity index (χ1n) is 5.42. The van der Waals surface area contributed by atoms with Crippen LogP contribution < -0.4 is 0 Å². The lowest BCUT2D eigenvalue weighted by Crippen LogP contribution is -2.21. The molecular formula is C11H14Cl2N2O2. The van der Waals surface area contributed by atoms with E-state index in [0.717, 1.165) is 5.56 Å². The fraction of sp³-hybridized carbons (Fsp3) is 0.545. The van der Waals surface area contributed by atoms with Gasteiger partial charge in [-0.1, -0.05) is 29.3 Å². The minimum atomic E-state index is -0.473. The van der Waals surface area contributed by atoms with Gasteiger partial charge in [0, 0.05) is 37.7 Å². The smallest absolute Gasteiger partial charge is 0.135 e. The molecule has 6 heteroatoms. The first kappa shape index (κ1) is 13.1. The maximum atomic E-state index is 9.68. The predicted octanol–water partition coefficient (Wildman–Crippen LogP) is 1.17. The average molecular weight is 277 g/mol. The largest absolute Gasteiger partial charge is 0.396 e. The van der Waals surface area contributed by atoms with E-state index in [0.29, 0.717) is 29.9 Å². The molecule has 2 atom stereocenters. The Labute approximate surface area is 110 Å². The van der Waals surface area contributed by atoms with Crippen molar-refractivity contribution in [1.82, 2.24) is 9.88 Å². The molecule has 2 N–H and O–H groups in total. The van der Waals surface area contributed by atoms with Gasteiger partial charge in [0.2, 0.25) is 0 Å². The summed E-state index contributed by atoms with van der Waals surface area (Å²) in [6.07, 6.45) is -0.473. The van der Waals surface area contributed by atoms with Gasteiger partial charge in [-0.15, -0.1) is 0 Å². The molecule has 1 aliphatic heterocycles. The SMILES string of the molecule is OCC1CN(Cc2ccc(Cl)nc2Cl)CC1O. The monoisotopic (exact) mass is 276 g/mol. The molecule has 2 rings (SSSR count). The molecule has 0 amide bonds. The van der Waals surface area contributed by atoms with E-state index in [1.807, 2.05) is 11.0 Å². The number of hydrogen-bond donors (Lipinski definition) is 2. The summed E-state index contributed by atoms with van der Waals surface area (Å²) in [5.74, 6) is -0.0750. The zero-order chi connectivity index (χ0) is 12.4. The highest BCUT2D eigenvalue weighted by Crippen LogP contribution is 2.22. The minimum absolute atomic E-state index is 0.00423. The Morgan fingerprint density at radius 2 is 2.12 bits per heavy atom. The molecule has 1 aliphatic rings. The molecule has 4 nitrogen and oxygen atoms in total. The minimum Gasteiger partial charge on any atom is -0.396 e. The summed E-state index contributed by atoms with van der Waals surface area (Å²) in [7, 11) is 0. The number of β-amino-alcohol motifs (C(OH)–C–C–N with tert-alkyl or cyclic N) is 1. The van der Waals surface area contributed by atoms with Crippen molar-refractivity contribution in [3.8, 4) is 0 Å². The number of halogens is 2. The van der Waals surface area contributed by atoms with Crippen molar-refractivity contribution < 1.29 is 10.2 Å². The maximum Gasteiger partial charge on any atom is 0.135 e. The van der Waals surface area contributed by atoms with E-state index in [-0.39, 0.29) is 12.5 Å². The molecule has 2 unspecified atom stereocenters. The summed E-state index contributed by atoms with van der Waals surface area (Å²) in [6, 6.07) is 3.52. The van der Waals surface area contributed by atoms with Crippen molar-refractivity contribution in [3.63, 3.8) is 0 Å². The lowest BCUT2D eigenvalue weighted by Gasteiger charge is -2.15. The van der Waals surface area contributed by atoms with Crippen molar-refractivity contribution >= 4 is 23.2 Å². The maximum absolute atomic E-state index is 9.68. The third-order valence-electron chi connectivity index (χ3n) is 3.00. The normalized spacial score (nSPS) is 25.4. The number of nitrogens with zero attached hydrogens (tertiary/aromatic N) is 2. The molecule has 17 heavy (non-hydrogen) atoms. The summed E-state index contributed by atoms with van der Waals surface area (Å²) < 4.78 is 0. The molecule has 1 aromatic rings. The van der Waals surface area contributed by atoms with Crippen LogP contribution in [0.4, 0.5) is 0 Å². The Bertz CT molecular complexity index is 403. The number of aliphatic hydroxyl groups excluding tert-OH is 2. The molecule has 1 aromatic heterocycles. The van der Waals surface area contributed by atoms with Crippen molar-refractivity contribution in [3.05, 3.63) is 28.0 Å². The van der Waals surface area contributed by atoms with Crippen LogP contribution in [0, 0.1) is 5.92 Å². The van der Waals surface area contributed by atoms with Gasteiger partial charge < -0.3 is 10.2 Å². The Hall–Kier alpha value is -0.390. The number of aliphatic hydroxyl groups is 2. The third-order valence-corrected chi connectivity index (χ3v) is 3.54. The predicted molar refractivity (Wildman–Crippen MR) is 66.1 cm³/mol. The molecule has 0 radical (unpaired) electrons. The summed E-state index contributed by atoms with van der Waals surface area (Å²) >= 11 is 11.7. The second-order valence-corrected chi connectivity index (χ2v) is 5.03. The van der Waals surface area contributed by atoms with E-state index in [9.17, 15) is 5.11 Å². The van der Waals surface area contributed by atoms with Crippen molar-refractivity contribution in [1.29, 1.82) is 0 Å². The van der Waals surface area contributed by atoms with E-state index < -0.39 is 6.10 Å². The molecule has 0 saturated carbocycles. The van der Waals surface area contributed by atoms with Gasteiger partial charge in [0.05, 0.1) is 6.10 Å². The fourth-order valence-electron chi connectivity index (χ4n) is 2.05. The number of pyridine rings is 1. The van der Waals surface area contributed by atoms with Crippen LogP contribution in [0.2, 0.25) is 10.3 Å². The van der Waals surface area contributed by atoms with Crippen LogP contribution in [-0.4, -0.2) is 45.9 Å². The summed E-state index contributed by atoms with van der Waals surface area (Å²) in [4.78, 5) is 6.01. The highest BCUT2D eigenvalue weighted by molar-refractivity contribution is 6.32. The lowest BCUT2D eigenvalue weighted by atomic mass is 10.1. The number of likely N-dealkylation sites (tertiary alicyclic amines) is 1. The van der Waals surface area contributed by atoms with Gasteiger partial charge in [-0.05, 0) is 6.07 Å². The van der Waals surface area contributed by atoms with Crippen LogP contribution in [0.25, 0.3) is 0 Å². The summed E-state index contributed by atoms with van der Waals surface area (Å²) in [5, 5.41) is 19.5. The Morgan fingerprint density at radius 3 is 2.71 bits per heavy atom. The quantitative estimate of drug-likeness (QED) is 0.814. The summed E-state index contributed by atoms with van der Waals surface area (Å²) in [5.41, 5.74) is 0.877. The van der Waals surface area contributed by atoms with E-state index in [2.05, 4.69) is 4.98 Å². The second kappa shape index (κ2) is 5.50. The Morgan fingerprint density at radius 1 is 1.35 bits per heavy atom. The molecule has 0 aliphatic carbocycles. The average Bonchev–Trinajstić information content (AvgIpc) is 2.63. The van der Waals surface area contributed by atoms with Crippen molar-refractivity contribution in [2.75, 3.05) is 19.7 Å². The van der Waals surface area contributed by atoms with Gasteiger partial charge in [-0.25, -0.2) is 4.98 Å². The van der Waals surface area contributed by atoms with Crippen LogP contribution in [-0.2, 0) is 6.54 Å². The first-order valence-corrected chi connectivity index (χ1v) is 6.18. The van der Waals surface area contributed by atoms with Crippen LogP contribution in [0.1, 0.15) is 5.56 Å². The third kappa shape index (κ3) is 3.09. The summed E-state index contributed by atoms with van der Waals surface area (Å²) in [6.45, 7) is 1.82. The molecule has 0 aromatic carbocycles. The number of aromatic nitrogens is 1. The van der Waals surface area contributed by atoms with Gasteiger partial charge in [0.1, 0.15) is 10.3 Å². The molecule has 1 fully saturated rings. The Kier molecular flexibility index (Phi) is 4.22. The number of rotatable bonds is 3. The first-order chi connectivity index (χ1) is 8.10. The van der Waals surface area contributed by atoms with Gasteiger partial charge in [0.15, 0.2) is 0 Å². The zero-order valence-electron chi connectivity index (χ0n) is 9.18. The van der Waals surface area contributed by atoms with Gasteiger partial charge in [0.25, 0.3) is 0 Å². The van der Waals surface area contributed by atoms with Crippen LogP contribution >= 0.6 is 23.2 Å². The van der Waals surface area contributed by atoms with E-state index in [1.165, 1.54) is 0 Å². The fourth-order valence-corrected chi connectivity index (χ4v) is 2.45. The van der Waals surface area contributed by atoms with Gasteiger partial charge in [-0.3, -0.25) is 4.90 Å².